The monoisotopic (exact) mass is 464 g/mol. The van der Waals surface area contributed by atoms with Gasteiger partial charge in [-0.05, 0) is 42.0 Å². The lowest BCUT2D eigenvalue weighted by atomic mass is 10.1. The quantitative estimate of drug-likeness (QED) is 0.207. The summed E-state index contributed by atoms with van der Waals surface area (Å²) in [6, 6.07) is 18.3. The van der Waals surface area contributed by atoms with E-state index in [1.807, 2.05) is 0 Å². The van der Waals surface area contributed by atoms with Gasteiger partial charge in [0.25, 0.3) is 5.69 Å². The molecule has 0 aliphatic carbocycles. The Labute approximate surface area is 193 Å². The zero-order chi connectivity index (χ0) is 23.4. The fourth-order valence-corrected chi connectivity index (χ4v) is 3.39. The van der Waals surface area contributed by atoms with Gasteiger partial charge in [-0.1, -0.05) is 41.9 Å². The smallest absolute Gasteiger partial charge is 0.363 e. The summed E-state index contributed by atoms with van der Waals surface area (Å²) < 4.78 is 16.4. The average molecular weight is 465 g/mol. The van der Waals surface area contributed by atoms with Crippen molar-refractivity contribution in [2.45, 2.75) is 6.61 Å². The summed E-state index contributed by atoms with van der Waals surface area (Å²) in [6.07, 6.45) is 1.56. The standard InChI is InChI=1S/C24H17ClN2O6/c1-31-22-13-15(10-11-21(22)32-14-16-6-2-5-9-20(16)27(29)30)12-19-24(28)33-23(26-19)17-7-3-4-8-18(17)25/h2-13H,14H2,1H3. The molecular formula is C24H17ClN2O6. The van der Waals surface area contributed by atoms with Crippen molar-refractivity contribution in [3.05, 3.63) is 104 Å². The van der Waals surface area contributed by atoms with E-state index in [9.17, 15) is 14.9 Å². The summed E-state index contributed by atoms with van der Waals surface area (Å²) in [5.41, 5.74) is 1.67. The fraction of sp³-hybridized carbons (Fsp3) is 0.0833. The predicted molar refractivity (Wildman–Crippen MR) is 122 cm³/mol. The molecule has 9 heteroatoms. The number of esters is 1. The van der Waals surface area contributed by atoms with Gasteiger partial charge in [0.2, 0.25) is 5.90 Å². The van der Waals surface area contributed by atoms with Gasteiger partial charge < -0.3 is 14.2 Å². The van der Waals surface area contributed by atoms with Gasteiger partial charge in [0.15, 0.2) is 17.2 Å². The Balaban J connectivity index is 1.56. The molecule has 0 unspecified atom stereocenters. The first-order valence-corrected chi connectivity index (χ1v) is 10.1. The maximum Gasteiger partial charge on any atom is 0.363 e. The average Bonchev–Trinajstić information content (AvgIpc) is 3.18. The maximum absolute atomic E-state index is 12.3. The SMILES string of the molecule is COc1cc(C=C2N=C(c3ccccc3Cl)OC2=O)ccc1OCc1ccccc1[N+](=O)[O-]. The second-order valence-corrected chi connectivity index (χ2v) is 7.31. The Morgan fingerprint density at radius 1 is 1.09 bits per heavy atom. The fourth-order valence-electron chi connectivity index (χ4n) is 3.18. The van der Waals surface area contributed by atoms with Crippen molar-refractivity contribution in [3.63, 3.8) is 0 Å². The number of nitro groups is 1. The van der Waals surface area contributed by atoms with Crippen LogP contribution in [0.4, 0.5) is 5.69 Å². The zero-order valence-electron chi connectivity index (χ0n) is 17.4. The van der Waals surface area contributed by atoms with Gasteiger partial charge in [-0.25, -0.2) is 9.79 Å². The van der Waals surface area contributed by atoms with Crippen molar-refractivity contribution < 1.29 is 23.9 Å². The second kappa shape index (κ2) is 9.54. The van der Waals surface area contributed by atoms with Crippen LogP contribution in [-0.4, -0.2) is 23.9 Å². The number of aliphatic imine (C=N–C) groups is 1. The molecule has 0 bridgehead atoms. The molecule has 1 aliphatic heterocycles. The van der Waals surface area contributed by atoms with Crippen LogP contribution in [0.2, 0.25) is 5.02 Å². The van der Waals surface area contributed by atoms with E-state index < -0.39 is 10.9 Å². The molecule has 0 saturated heterocycles. The van der Waals surface area contributed by atoms with Gasteiger partial charge >= 0.3 is 5.97 Å². The molecule has 0 radical (unpaired) electrons. The number of para-hydroxylation sites is 1. The van der Waals surface area contributed by atoms with Gasteiger partial charge in [-0.2, -0.15) is 0 Å². The lowest BCUT2D eigenvalue weighted by molar-refractivity contribution is -0.385. The highest BCUT2D eigenvalue weighted by atomic mass is 35.5. The third kappa shape index (κ3) is 4.86. The van der Waals surface area contributed by atoms with Gasteiger partial charge in [0, 0.05) is 6.07 Å². The number of rotatable bonds is 7. The first-order chi connectivity index (χ1) is 16.0. The molecular weight excluding hydrogens is 448 g/mol. The van der Waals surface area contributed by atoms with E-state index in [1.165, 1.54) is 13.2 Å². The summed E-state index contributed by atoms with van der Waals surface area (Å²) in [5, 5.41) is 11.6. The molecule has 1 heterocycles. The first kappa shape index (κ1) is 22.0. The zero-order valence-corrected chi connectivity index (χ0v) is 18.1. The van der Waals surface area contributed by atoms with Gasteiger partial charge in [-0.15, -0.1) is 0 Å². The molecule has 0 fully saturated rings. The molecule has 3 aromatic carbocycles. The lowest BCUT2D eigenvalue weighted by Crippen LogP contribution is -2.05. The van der Waals surface area contributed by atoms with Gasteiger partial charge in [0.05, 0.1) is 28.2 Å². The summed E-state index contributed by atoms with van der Waals surface area (Å²) in [5.74, 6) is 0.325. The lowest BCUT2D eigenvalue weighted by Gasteiger charge is -2.11. The van der Waals surface area contributed by atoms with Crippen LogP contribution < -0.4 is 9.47 Å². The Morgan fingerprint density at radius 2 is 1.85 bits per heavy atom. The number of carbonyl (C=O) groups is 1. The van der Waals surface area contributed by atoms with Crippen molar-refractivity contribution in [2.24, 2.45) is 4.99 Å². The van der Waals surface area contributed by atoms with Crippen molar-refractivity contribution >= 4 is 35.2 Å². The number of halogens is 1. The van der Waals surface area contributed by atoms with E-state index in [0.717, 1.165) is 0 Å². The molecule has 0 atom stereocenters. The molecule has 33 heavy (non-hydrogen) atoms. The highest BCUT2D eigenvalue weighted by Crippen LogP contribution is 2.31. The minimum atomic E-state index is -0.597. The summed E-state index contributed by atoms with van der Waals surface area (Å²) >= 11 is 6.16. The van der Waals surface area contributed by atoms with E-state index in [2.05, 4.69) is 4.99 Å². The number of nitro benzene ring substituents is 1. The van der Waals surface area contributed by atoms with E-state index in [-0.39, 0.29) is 23.9 Å². The maximum atomic E-state index is 12.3. The van der Waals surface area contributed by atoms with E-state index in [4.69, 9.17) is 25.8 Å². The van der Waals surface area contributed by atoms with E-state index in [1.54, 1.807) is 66.7 Å². The van der Waals surface area contributed by atoms with Crippen LogP contribution in [0.5, 0.6) is 11.5 Å². The minimum Gasteiger partial charge on any atom is -0.493 e. The van der Waals surface area contributed by atoms with Crippen molar-refractivity contribution in [1.82, 2.24) is 0 Å². The molecule has 0 saturated carbocycles. The normalized spacial score (nSPS) is 14.1. The Hall–Kier alpha value is -4.17. The molecule has 0 amide bonds. The van der Waals surface area contributed by atoms with E-state index in [0.29, 0.717) is 33.2 Å². The Bertz CT molecular complexity index is 1300. The van der Waals surface area contributed by atoms with Crippen LogP contribution in [0, 0.1) is 10.1 Å². The highest BCUT2D eigenvalue weighted by molar-refractivity contribution is 6.34. The molecule has 166 valence electrons. The number of cyclic esters (lactones) is 1. The summed E-state index contributed by atoms with van der Waals surface area (Å²) in [7, 11) is 1.47. The summed E-state index contributed by atoms with van der Waals surface area (Å²) in [6.45, 7) is -0.00817. The number of nitrogens with zero attached hydrogens (tertiary/aromatic N) is 2. The number of carbonyl (C=O) groups excluding carboxylic acids is 1. The number of hydrogen-bond donors (Lipinski definition) is 0. The number of ether oxygens (including phenoxy) is 3. The third-order valence-corrected chi connectivity index (χ3v) is 5.12. The number of hydrogen-bond acceptors (Lipinski definition) is 7. The van der Waals surface area contributed by atoms with Crippen LogP contribution >= 0.6 is 11.6 Å². The van der Waals surface area contributed by atoms with Crippen molar-refractivity contribution in [3.8, 4) is 11.5 Å². The Morgan fingerprint density at radius 3 is 2.61 bits per heavy atom. The van der Waals surface area contributed by atoms with Gasteiger partial charge in [-0.3, -0.25) is 10.1 Å². The Kier molecular flexibility index (Phi) is 6.37. The molecule has 4 rings (SSSR count). The largest absolute Gasteiger partial charge is 0.493 e. The molecule has 1 aliphatic rings. The van der Waals surface area contributed by atoms with Crippen LogP contribution in [0.25, 0.3) is 6.08 Å². The predicted octanol–water partition coefficient (Wildman–Crippen LogP) is 5.18. The van der Waals surface area contributed by atoms with Crippen LogP contribution in [0.3, 0.4) is 0 Å². The highest BCUT2D eigenvalue weighted by Gasteiger charge is 2.25. The number of methoxy groups -OCH3 is 1. The molecule has 0 N–H and O–H groups in total. The second-order valence-electron chi connectivity index (χ2n) is 6.90. The van der Waals surface area contributed by atoms with Crippen LogP contribution in [0.1, 0.15) is 16.7 Å². The summed E-state index contributed by atoms with van der Waals surface area (Å²) in [4.78, 5) is 27.3. The third-order valence-electron chi connectivity index (χ3n) is 4.79. The molecule has 3 aromatic rings. The van der Waals surface area contributed by atoms with E-state index >= 15 is 0 Å². The molecule has 8 nitrogen and oxygen atoms in total. The van der Waals surface area contributed by atoms with Crippen molar-refractivity contribution in [2.75, 3.05) is 7.11 Å². The van der Waals surface area contributed by atoms with Gasteiger partial charge in [0.1, 0.15) is 6.61 Å². The van der Waals surface area contributed by atoms with Crippen LogP contribution in [0.15, 0.2) is 77.4 Å². The minimum absolute atomic E-state index is 0.00817. The topological polar surface area (TPSA) is 100 Å². The first-order valence-electron chi connectivity index (χ1n) is 9.77. The molecule has 0 aromatic heterocycles. The van der Waals surface area contributed by atoms with Crippen LogP contribution in [-0.2, 0) is 16.1 Å². The number of benzene rings is 3. The molecule has 0 spiro atoms. The van der Waals surface area contributed by atoms with Crippen molar-refractivity contribution in [1.29, 1.82) is 0 Å².